The van der Waals surface area contributed by atoms with E-state index < -0.39 is 0 Å². The summed E-state index contributed by atoms with van der Waals surface area (Å²) in [5, 5.41) is 8.46. The molecule has 1 aliphatic rings. The monoisotopic (exact) mass is 452 g/mol. The first kappa shape index (κ1) is 21.1. The predicted molar refractivity (Wildman–Crippen MR) is 134 cm³/mol. The SMILES string of the molecule is CC1=C(c2nc(-c3ccccc3)no2)C(c2ccc(C)cc2)NC(=S)N1Cc1ccccc1. The van der Waals surface area contributed by atoms with Crippen molar-refractivity contribution in [3.8, 4) is 11.4 Å². The number of thiocarbonyl (C=S) groups is 1. The molecule has 0 saturated carbocycles. The molecule has 0 radical (unpaired) electrons. The molecule has 1 aromatic heterocycles. The van der Waals surface area contributed by atoms with Crippen LogP contribution in [0.5, 0.6) is 0 Å². The van der Waals surface area contributed by atoms with Crippen LogP contribution < -0.4 is 5.32 Å². The molecular weight excluding hydrogens is 428 g/mol. The molecule has 1 aliphatic heterocycles. The van der Waals surface area contributed by atoms with E-state index in [9.17, 15) is 0 Å². The maximum atomic E-state index is 5.81. The maximum Gasteiger partial charge on any atom is 0.258 e. The minimum atomic E-state index is -0.186. The molecule has 3 aromatic carbocycles. The van der Waals surface area contributed by atoms with Gasteiger partial charge in [-0.15, -0.1) is 0 Å². The molecule has 4 aromatic rings. The predicted octanol–water partition coefficient (Wildman–Crippen LogP) is 5.91. The van der Waals surface area contributed by atoms with Gasteiger partial charge in [0.05, 0.1) is 11.6 Å². The Kier molecular flexibility index (Phi) is 5.75. The van der Waals surface area contributed by atoms with Gasteiger partial charge in [0, 0.05) is 17.8 Å². The van der Waals surface area contributed by atoms with E-state index in [0.29, 0.717) is 23.4 Å². The quantitative estimate of drug-likeness (QED) is 0.380. The molecule has 33 heavy (non-hydrogen) atoms. The van der Waals surface area contributed by atoms with Gasteiger partial charge in [-0.25, -0.2) is 0 Å². The van der Waals surface area contributed by atoms with Crippen LogP contribution in [0.3, 0.4) is 0 Å². The Hall–Kier alpha value is -3.77. The summed E-state index contributed by atoms with van der Waals surface area (Å²) in [4.78, 5) is 6.86. The van der Waals surface area contributed by atoms with E-state index in [2.05, 4.69) is 65.6 Å². The second kappa shape index (κ2) is 9.00. The Morgan fingerprint density at radius 2 is 1.58 bits per heavy atom. The van der Waals surface area contributed by atoms with E-state index in [1.807, 2.05) is 48.5 Å². The summed E-state index contributed by atoms with van der Waals surface area (Å²) < 4.78 is 5.81. The van der Waals surface area contributed by atoms with Gasteiger partial charge in [-0.3, -0.25) is 0 Å². The second-order valence-corrected chi connectivity index (χ2v) is 8.54. The summed E-state index contributed by atoms with van der Waals surface area (Å²) >= 11 is 5.80. The fraction of sp³-hybridized carbons (Fsp3) is 0.148. The number of nitrogens with zero attached hydrogens (tertiary/aromatic N) is 3. The molecule has 0 bridgehead atoms. The summed E-state index contributed by atoms with van der Waals surface area (Å²) in [7, 11) is 0. The van der Waals surface area contributed by atoms with Crippen LogP contribution in [0.1, 0.15) is 35.5 Å². The Morgan fingerprint density at radius 3 is 2.27 bits per heavy atom. The number of aryl methyl sites for hydroxylation is 1. The molecule has 1 N–H and O–H groups in total. The van der Waals surface area contributed by atoms with Gasteiger partial charge in [-0.1, -0.05) is 95.6 Å². The van der Waals surface area contributed by atoms with E-state index in [4.69, 9.17) is 21.7 Å². The normalized spacial score (nSPS) is 16.1. The van der Waals surface area contributed by atoms with Crippen molar-refractivity contribution in [3.05, 3.63) is 113 Å². The molecule has 6 heteroatoms. The average molecular weight is 453 g/mol. The van der Waals surface area contributed by atoms with Crippen molar-refractivity contribution in [2.24, 2.45) is 0 Å². The van der Waals surface area contributed by atoms with Crippen LogP contribution in [0.25, 0.3) is 17.0 Å². The highest BCUT2D eigenvalue weighted by Gasteiger charge is 2.34. The number of allylic oxidation sites excluding steroid dienone is 1. The van der Waals surface area contributed by atoms with Gasteiger partial charge in [0.15, 0.2) is 5.11 Å². The zero-order chi connectivity index (χ0) is 22.8. The Bertz CT molecular complexity index is 1300. The van der Waals surface area contributed by atoms with Crippen LogP contribution in [0.15, 0.2) is 95.1 Å². The lowest BCUT2D eigenvalue weighted by Gasteiger charge is -2.37. The summed E-state index contributed by atoms with van der Waals surface area (Å²) in [6, 6.07) is 28.4. The number of aromatic nitrogens is 2. The molecule has 164 valence electrons. The first-order valence-electron chi connectivity index (χ1n) is 10.9. The zero-order valence-corrected chi connectivity index (χ0v) is 19.3. The summed E-state index contributed by atoms with van der Waals surface area (Å²) in [6.07, 6.45) is 0. The lowest BCUT2D eigenvalue weighted by Crippen LogP contribution is -2.45. The third kappa shape index (κ3) is 4.30. The fourth-order valence-electron chi connectivity index (χ4n) is 4.06. The van der Waals surface area contributed by atoms with E-state index in [1.54, 1.807) is 0 Å². The molecule has 0 saturated heterocycles. The van der Waals surface area contributed by atoms with Crippen LogP contribution in [-0.4, -0.2) is 20.2 Å². The largest absolute Gasteiger partial charge is 0.351 e. The molecule has 0 spiro atoms. The van der Waals surface area contributed by atoms with Gasteiger partial charge in [-0.2, -0.15) is 4.98 Å². The van der Waals surface area contributed by atoms with Gasteiger partial charge in [-0.05, 0) is 37.2 Å². The summed E-state index contributed by atoms with van der Waals surface area (Å²) in [5.74, 6) is 1.06. The highest BCUT2D eigenvalue weighted by atomic mass is 32.1. The highest BCUT2D eigenvalue weighted by Crippen LogP contribution is 2.38. The van der Waals surface area contributed by atoms with Crippen molar-refractivity contribution in [2.75, 3.05) is 0 Å². The number of hydrogen-bond acceptors (Lipinski definition) is 4. The Balaban J connectivity index is 1.60. The van der Waals surface area contributed by atoms with Crippen molar-refractivity contribution >= 4 is 22.9 Å². The molecule has 0 amide bonds. The van der Waals surface area contributed by atoms with Gasteiger partial charge < -0.3 is 14.7 Å². The van der Waals surface area contributed by atoms with Crippen molar-refractivity contribution in [3.63, 3.8) is 0 Å². The number of benzene rings is 3. The van der Waals surface area contributed by atoms with E-state index in [1.165, 1.54) is 11.1 Å². The van der Waals surface area contributed by atoms with Crippen LogP contribution >= 0.6 is 12.2 Å². The van der Waals surface area contributed by atoms with Crippen molar-refractivity contribution in [2.45, 2.75) is 26.4 Å². The van der Waals surface area contributed by atoms with Gasteiger partial charge in [0.25, 0.3) is 5.89 Å². The number of hydrogen-bond donors (Lipinski definition) is 1. The maximum absolute atomic E-state index is 5.81. The standard InChI is InChI=1S/C27H24N4OS/c1-18-13-15-21(16-14-18)24-23(26-29-25(30-32-26)22-11-7-4-8-12-22)19(2)31(27(33)28-24)17-20-9-5-3-6-10-20/h3-16,24H,17H2,1-2H3,(H,28,33). The third-order valence-corrected chi connectivity index (χ3v) is 6.22. The molecule has 1 unspecified atom stereocenters. The zero-order valence-electron chi connectivity index (χ0n) is 18.5. The minimum Gasteiger partial charge on any atom is -0.351 e. The second-order valence-electron chi connectivity index (χ2n) is 8.15. The Labute approximate surface area is 198 Å². The van der Waals surface area contributed by atoms with Crippen molar-refractivity contribution < 1.29 is 4.52 Å². The first-order chi connectivity index (χ1) is 16.1. The van der Waals surface area contributed by atoms with Gasteiger partial charge >= 0.3 is 0 Å². The molecule has 5 nitrogen and oxygen atoms in total. The smallest absolute Gasteiger partial charge is 0.258 e. The first-order valence-corrected chi connectivity index (χ1v) is 11.3. The molecular formula is C27H24N4OS. The molecule has 0 fully saturated rings. The van der Waals surface area contributed by atoms with Crippen LogP contribution in [0.4, 0.5) is 0 Å². The van der Waals surface area contributed by atoms with E-state index in [0.717, 1.165) is 22.4 Å². The number of rotatable bonds is 5. The molecule has 0 aliphatic carbocycles. The summed E-state index contributed by atoms with van der Waals surface area (Å²) in [6.45, 7) is 4.80. The Morgan fingerprint density at radius 1 is 0.909 bits per heavy atom. The van der Waals surface area contributed by atoms with Crippen molar-refractivity contribution in [1.82, 2.24) is 20.4 Å². The lowest BCUT2D eigenvalue weighted by molar-refractivity contribution is 0.396. The van der Waals surface area contributed by atoms with Gasteiger partial charge in [0.1, 0.15) is 0 Å². The minimum absolute atomic E-state index is 0.186. The van der Waals surface area contributed by atoms with E-state index >= 15 is 0 Å². The van der Waals surface area contributed by atoms with Crippen LogP contribution in [0.2, 0.25) is 0 Å². The topological polar surface area (TPSA) is 54.2 Å². The molecule has 1 atom stereocenters. The average Bonchev–Trinajstić information content (AvgIpc) is 3.33. The third-order valence-electron chi connectivity index (χ3n) is 5.88. The van der Waals surface area contributed by atoms with E-state index in [-0.39, 0.29) is 6.04 Å². The molecule has 2 heterocycles. The van der Waals surface area contributed by atoms with Crippen LogP contribution in [-0.2, 0) is 6.54 Å². The summed E-state index contributed by atoms with van der Waals surface area (Å²) in [5.41, 5.74) is 6.31. The van der Waals surface area contributed by atoms with Gasteiger partial charge in [0.2, 0.25) is 5.82 Å². The molecule has 5 rings (SSSR count). The number of nitrogens with one attached hydrogen (secondary N) is 1. The highest BCUT2D eigenvalue weighted by molar-refractivity contribution is 7.80. The van der Waals surface area contributed by atoms with Crippen molar-refractivity contribution in [1.29, 1.82) is 0 Å². The lowest BCUT2D eigenvalue weighted by atomic mass is 9.94. The fourth-order valence-corrected chi connectivity index (χ4v) is 4.38. The van der Waals surface area contributed by atoms with Crippen LogP contribution in [0, 0.1) is 6.92 Å².